The van der Waals surface area contributed by atoms with E-state index in [0.29, 0.717) is 31.9 Å². The molecule has 1 aliphatic rings. The van der Waals surface area contributed by atoms with Crippen LogP contribution in [0, 0.1) is 0 Å². The van der Waals surface area contributed by atoms with Crippen LogP contribution in [0.1, 0.15) is 34.3 Å². The van der Waals surface area contributed by atoms with E-state index < -0.39 is 0 Å². The average molecular weight is 395 g/mol. The topological polar surface area (TPSA) is 64.4 Å². The maximum Gasteiger partial charge on any atom is 0.251 e. The van der Waals surface area contributed by atoms with Gasteiger partial charge < -0.3 is 15.8 Å². The number of nitrogens with one attached hydrogen (secondary N) is 1. The quantitative estimate of drug-likeness (QED) is 0.812. The van der Waals surface area contributed by atoms with Crippen molar-refractivity contribution in [1.29, 1.82) is 0 Å². The van der Waals surface area contributed by atoms with E-state index in [1.807, 2.05) is 36.4 Å². The molecule has 0 atom stereocenters. The summed E-state index contributed by atoms with van der Waals surface area (Å²) < 4.78 is 5.54. The summed E-state index contributed by atoms with van der Waals surface area (Å²) in [5, 5.41) is 3.82. The Morgan fingerprint density at radius 2 is 1.69 bits per heavy atom. The van der Waals surface area contributed by atoms with Crippen molar-refractivity contribution in [3.63, 3.8) is 0 Å². The van der Waals surface area contributed by atoms with E-state index in [0.717, 1.165) is 23.4 Å². The van der Waals surface area contributed by atoms with E-state index in [4.69, 9.17) is 22.1 Å². The fraction of sp³-hybridized carbons (Fsp3) is 0.350. The highest BCUT2D eigenvalue weighted by Crippen LogP contribution is 2.35. The van der Waals surface area contributed by atoms with Gasteiger partial charge in [0.2, 0.25) is 0 Å². The highest BCUT2D eigenvalue weighted by molar-refractivity contribution is 6.30. The lowest BCUT2D eigenvalue weighted by Crippen LogP contribution is -2.44. The van der Waals surface area contributed by atoms with Crippen LogP contribution in [-0.2, 0) is 16.7 Å². The lowest BCUT2D eigenvalue weighted by molar-refractivity contribution is 0.0487. The van der Waals surface area contributed by atoms with Gasteiger partial charge in [0, 0.05) is 42.3 Å². The molecule has 0 aliphatic carbocycles. The Hall–Kier alpha value is -1.59. The van der Waals surface area contributed by atoms with Crippen LogP contribution >= 0.6 is 24.0 Å². The minimum atomic E-state index is -0.115. The minimum Gasteiger partial charge on any atom is -0.381 e. The smallest absolute Gasteiger partial charge is 0.251 e. The fourth-order valence-corrected chi connectivity index (χ4v) is 3.40. The van der Waals surface area contributed by atoms with E-state index in [2.05, 4.69) is 17.4 Å². The summed E-state index contributed by atoms with van der Waals surface area (Å²) in [6.07, 6.45) is 1.75. The van der Waals surface area contributed by atoms with E-state index >= 15 is 0 Å². The van der Waals surface area contributed by atoms with Gasteiger partial charge in [0.1, 0.15) is 0 Å². The lowest BCUT2D eigenvalue weighted by atomic mass is 9.74. The van der Waals surface area contributed by atoms with Crippen LogP contribution in [0.5, 0.6) is 0 Å². The number of nitrogens with two attached hydrogens (primary N) is 1. The lowest BCUT2D eigenvalue weighted by Gasteiger charge is -2.38. The van der Waals surface area contributed by atoms with Gasteiger partial charge >= 0.3 is 0 Å². The molecule has 0 aromatic heterocycles. The average Bonchev–Trinajstić information content (AvgIpc) is 2.67. The van der Waals surface area contributed by atoms with Gasteiger partial charge in [0.15, 0.2) is 0 Å². The number of hydrogen-bond acceptors (Lipinski definition) is 3. The van der Waals surface area contributed by atoms with Crippen LogP contribution in [0.25, 0.3) is 0 Å². The maximum absolute atomic E-state index is 12.5. The molecule has 1 amide bonds. The molecular formula is C20H24Cl2N2O2. The van der Waals surface area contributed by atoms with Crippen molar-refractivity contribution in [2.75, 3.05) is 19.8 Å². The molecule has 140 valence electrons. The van der Waals surface area contributed by atoms with Crippen molar-refractivity contribution in [3.8, 4) is 0 Å². The monoisotopic (exact) mass is 394 g/mol. The van der Waals surface area contributed by atoms with Crippen LogP contribution in [-0.4, -0.2) is 25.7 Å². The van der Waals surface area contributed by atoms with Gasteiger partial charge in [-0.15, -0.1) is 12.4 Å². The summed E-state index contributed by atoms with van der Waals surface area (Å²) in [7, 11) is 0. The molecule has 0 radical (unpaired) electrons. The van der Waals surface area contributed by atoms with Gasteiger partial charge in [-0.25, -0.2) is 0 Å². The number of hydrogen-bond donors (Lipinski definition) is 2. The predicted molar refractivity (Wildman–Crippen MR) is 107 cm³/mol. The van der Waals surface area contributed by atoms with Crippen molar-refractivity contribution in [1.82, 2.24) is 5.32 Å². The largest absolute Gasteiger partial charge is 0.381 e. The molecule has 6 heteroatoms. The molecule has 3 rings (SSSR count). The standard InChI is InChI=1S/C20H23ClN2O2.ClH/c21-18-7-5-17(6-8-18)20(9-11-25-12-10-20)14-23-19(24)16-3-1-15(13-22)2-4-16;/h1-8H,9-14,22H2,(H,23,24);1H. The first-order valence-corrected chi connectivity index (χ1v) is 8.92. The third-order valence-electron chi connectivity index (χ3n) is 4.95. The van der Waals surface area contributed by atoms with Crippen molar-refractivity contribution in [2.24, 2.45) is 5.73 Å². The molecule has 1 aliphatic heterocycles. The molecular weight excluding hydrogens is 371 g/mol. The molecule has 0 bridgehead atoms. The Labute approximate surface area is 165 Å². The van der Waals surface area contributed by atoms with Crippen LogP contribution in [0.4, 0.5) is 0 Å². The van der Waals surface area contributed by atoms with Crippen molar-refractivity contribution in [3.05, 3.63) is 70.2 Å². The second-order valence-corrected chi connectivity index (χ2v) is 6.92. The highest BCUT2D eigenvalue weighted by Gasteiger charge is 2.34. The van der Waals surface area contributed by atoms with Crippen LogP contribution in [0.3, 0.4) is 0 Å². The van der Waals surface area contributed by atoms with Crippen LogP contribution < -0.4 is 11.1 Å². The first-order valence-electron chi connectivity index (χ1n) is 8.54. The first-order chi connectivity index (χ1) is 12.1. The molecule has 2 aromatic rings. The molecule has 0 saturated carbocycles. The Morgan fingerprint density at radius 1 is 1.08 bits per heavy atom. The first kappa shape index (κ1) is 20.7. The van der Waals surface area contributed by atoms with Crippen LogP contribution in [0.15, 0.2) is 48.5 Å². The third-order valence-corrected chi connectivity index (χ3v) is 5.20. The SMILES string of the molecule is Cl.NCc1ccc(C(=O)NCC2(c3ccc(Cl)cc3)CCOCC2)cc1. The second-order valence-electron chi connectivity index (χ2n) is 6.48. The zero-order valence-corrected chi connectivity index (χ0v) is 16.1. The molecule has 0 unspecified atom stereocenters. The molecule has 0 spiro atoms. The third kappa shape index (κ3) is 4.77. The molecule has 26 heavy (non-hydrogen) atoms. The number of benzene rings is 2. The number of carbonyl (C=O) groups excluding carboxylic acids is 1. The molecule has 2 aromatic carbocycles. The van der Waals surface area contributed by atoms with Gasteiger partial charge in [-0.05, 0) is 48.2 Å². The van der Waals surface area contributed by atoms with Gasteiger partial charge in [-0.1, -0.05) is 35.9 Å². The number of halogens is 2. The van der Waals surface area contributed by atoms with Crippen molar-refractivity contribution >= 4 is 29.9 Å². The number of amides is 1. The molecule has 1 heterocycles. The summed E-state index contributed by atoms with van der Waals surface area (Å²) >= 11 is 6.02. The van der Waals surface area contributed by atoms with Gasteiger partial charge in [0.25, 0.3) is 5.91 Å². The van der Waals surface area contributed by atoms with E-state index in [-0.39, 0.29) is 23.7 Å². The number of rotatable bonds is 5. The zero-order chi connectivity index (χ0) is 17.7. The normalized spacial score (nSPS) is 15.8. The van der Waals surface area contributed by atoms with Gasteiger partial charge in [0.05, 0.1) is 0 Å². The van der Waals surface area contributed by atoms with Crippen molar-refractivity contribution in [2.45, 2.75) is 24.8 Å². The maximum atomic E-state index is 12.5. The Kier molecular flexibility index (Phi) is 7.47. The summed E-state index contributed by atoms with van der Waals surface area (Å²) in [5.74, 6) is -0.0663. The fourth-order valence-electron chi connectivity index (χ4n) is 3.28. The Morgan fingerprint density at radius 3 is 2.27 bits per heavy atom. The molecule has 1 saturated heterocycles. The highest BCUT2D eigenvalue weighted by atomic mass is 35.5. The zero-order valence-electron chi connectivity index (χ0n) is 14.5. The van der Waals surface area contributed by atoms with Crippen LogP contribution in [0.2, 0.25) is 5.02 Å². The Balaban J connectivity index is 0.00000243. The van der Waals surface area contributed by atoms with E-state index in [9.17, 15) is 4.79 Å². The van der Waals surface area contributed by atoms with E-state index in [1.54, 1.807) is 0 Å². The number of carbonyl (C=O) groups is 1. The summed E-state index contributed by atoms with van der Waals surface area (Å²) in [6, 6.07) is 15.3. The van der Waals surface area contributed by atoms with Crippen molar-refractivity contribution < 1.29 is 9.53 Å². The summed E-state index contributed by atoms with van der Waals surface area (Å²) in [6.45, 7) is 2.45. The molecule has 3 N–H and O–H groups in total. The van der Waals surface area contributed by atoms with Gasteiger partial charge in [-0.2, -0.15) is 0 Å². The minimum absolute atomic E-state index is 0. The Bertz CT molecular complexity index is 712. The van der Waals surface area contributed by atoms with Gasteiger partial charge in [-0.3, -0.25) is 4.79 Å². The van der Waals surface area contributed by atoms with E-state index in [1.165, 1.54) is 5.56 Å². The molecule has 1 fully saturated rings. The summed E-state index contributed by atoms with van der Waals surface area (Å²) in [4.78, 5) is 12.5. The number of ether oxygens (including phenoxy) is 1. The predicted octanol–water partition coefficient (Wildman–Crippen LogP) is 3.70. The summed E-state index contributed by atoms with van der Waals surface area (Å²) in [5.41, 5.74) is 8.34. The molecule has 4 nitrogen and oxygen atoms in total. The second kappa shape index (κ2) is 9.38.